The highest BCUT2D eigenvalue weighted by Crippen LogP contribution is 2.27. The number of aryl methyl sites for hydroxylation is 2. The second-order valence-corrected chi connectivity index (χ2v) is 4.94. The van der Waals surface area contributed by atoms with E-state index in [1.807, 2.05) is 12.3 Å². The average Bonchev–Trinajstić information content (AvgIpc) is 2.64. The number of carboxylic acids is 1. The summed E-state index contributed by atoms with van der Waals surface area (Å²) in [6.07, 6.45) is 0. The number of hydrogen-bond donors (Lipinski definition) is 1. The third-order valence-corrected chi connectivity index (χ3v) is 3.35. The maximum absolute atomic E-state index is 11.0. The predicted octanol–water partition coefficient (Wildman–Crippen LogP) is 3.17. The number of halogens is 1. The maximum Gasteiger partial charge on any atom is 0.338 e. The Morgan fingerprint density at radius 3 is 2.65 bits per heavy atom. The van der Waals surface area contributed by atoms with E-state index >= 15 is 0 Å². The Hall–Kier alpha value is -1.46. The first-order valence-corrected chi connectivity index (χ1v) is 6.07. The highest BCUT2D eigenvalue weighted by molar-refractivity contribution is 7.09. The van der Waals surface area contributed by atoms with Crippen LogP contribution in [0.1, 0.15) is 21.1 Å². The van der Waals surface area contributed by atoms with Gasteiger partial charge < -0.3 is 5.11 Å². The van der Waals surface area contributed by atoms with Crippen molar-refractivity contribution in [3.05, 3.63) is 32.9 Å². The first-order valence-electron chi connectivity index (χ1n) is 4.82. The summed E-state index contributed by atoms with van der Waals surface area (Å²) in [5.41, 5.74) is 2.11. The van der Waals surface area contributed by atoms with Crippen LogP contribution < -0.4 is 0 Å². The van der Waals surface area contributed by atoms with E-state index in [4.69, 9.17) is 16.7 Å². The zero-order valence-corrected chi connectivity index (χ0v) is 10.8. The van der Waals surface area contributed by atoms with Crippen LogP contribution >= 0.6 is 22.9 Å². The summed E-state index contributed by atoms with van der Waals surface area (Å²) in [7, 11) is 0. The fraction of sp³-hybridized carbons (Fsp3) is 0.182. The van der Waals surface area contributed by atoms with E-state index in [0.29, 0.717) is 11.3 Å². The second kappa shape index (κ2) is 4.43. The lowest BCUT2D eigenvalue weighted by Crippen LogP contribution is -2.02. The van der Waals surface area contributed by atoms with Gasteiger partial charge in [-0.05, 0) is 19.9 Å². The minimum atomic E-state index is -1.09. The van der Waals surface area contributed by atoms with Crippen molar-refractivity contribution in [2.75, 3.05) is 0 Å². The molecule has 2 rings (SSSR count). The van der Waals surface area contributed by atoms with Crippen molar-refractivity contribution in [1.82, 2.24) is 9.97 Å². The molecule has 0 spiro atoms. The largest absolute Gasteiger partial charge is 0.478 e. The van der Waals surface area contributed by atoms with E-state index in [9.17, 15) is 4.79 Å². The Labute approximate surface area is 107 Å². The lowest BCUT2D eigenvalue weighted by atomic mass is 10.1. The summed E-state index contributed by atoms with van der Waals surface area (Å²) in [5.74, 6) is -1.09. The van der Waals surface area contributed by atoms with Gasteiger partial charge in [0.25, 0.3) is 0 Å². The van der Waals surface area contributed by atoms with Crippen LogP contribution in [0.25, 0.3) is 11.3 Å². The number of rotatable bonds is 2. The molecule has 2 aromatic heterocycles. The quantitative estimate of drug-likeness (QED) is 0.850. The van der Waals surface area contributed by atoms with Gasteiger partial charge in [0.2, 0.25) is 0 Å². The number of carboxylic acid groups (broad SMARTS) is 1. The standard InChI is InChI=1S/C11H9ClN2O2S/c1-5-7(9-4-17-6(2)14-9)3-8(11(15)16)10(12)13-5/h3-4H,1-2H3,(H,15,16). The van der Waals surface area contributed by atoms with Crippen LogP contribution in [0.5, 0.6) is 0 Å². The van der Waals surface area contributed by atoms with Gasteiger partial charge in [0.1, 0.15) is 5.15 Å². The third kappa shape index (κ3) is 2.30. The molecule has 0 bridgehead atoms. The molecule has 2 heterocycles. The second-order valence-electron chi connectivity index (χ2n) is 3.52. The molecule has 1 N–H and O–H groups in total. The summed E-state index contributed by atoms with van der Waals surface area (Å²) in [5, 5.41) is 11.8. The first kappa shape index (κ1) is 12.0. The van der Waals surface area contributed by atoms with Gasteiger partial charge in [-0.3, -0.25) is 0 Å². The number of aromatic nitrogens is 2. The van der Waals surface area contributed by atoms with Crippen molar-refractivity contribution >= 4 is 28.9 Å². The minimum absolute atomic E-state index is 0.00193. The molecule has 17 heavy (non-hydrogen) atoms. The van der Waals surface area contributed by atoms with Gasteiger partial charge >= 0.3 is 5.97 Å². The molecule has 0 aromatic carbocycles. The molecule has 0 saturated carbocycles. The Kier molecular flexibility index (Phi) is 3.13. The summed E-state index contributed by atoms with van der Waals surface area (Å²) < 4.78 is 0. The molecule has 0 aliphatic rings. The molecule has 0 fully saturated rings. The van der Waals surface area contributed by atoms with Gasteiger partial charge in [-0.1, -0.05) is 11.6 Å². The van der Waals surface area contributed by atoms with Crippen molar-refractivity contribution in [3.63, 3.8) is 0 Å². The Morgan fingerprint density at radius 2 is 2.12 bits per heavy atom. The molecule has 0 atom stereocenters. The molecule has 0 aliphatic carbocycles. The van der Waals surface area contributed by atoms with Gasteiger partial charge in [-0.15, -0.1) is 11.3 Å². The molecule has 6 heteroatoms. The highest BCUT2D eigenvalue weighted by Gasteiger charge is 2.15. The molecule has 0 saturated heterocycles. The molecular weight excluding hydrogens is 260 g/mol. The van der Waals surface area contributed by atoms with E-state index in [1.165, 1.54) is 17.4 Å². The molecule has 0 radical (unpaired) electrons. The molecule has 88 valence electrons. The molecular formula is C11H9ClN2O2S. The Balaban J connectivity index is 2.62. The van der Waals surface area contributed by atoms with Crippen molar-refractivity contribution in [2.24, 2.45) is 0 Å². The van der Waals surface area contributed by atoms with E-state index in [-0.39, 0.29) is 10.7 Å². The molecule has 0 unspecified atom stereocenters. The van der Waals surface area contributed by atoms with E-state index in [2.05, 4.69) is 9.97 Å². The van der Waals surface area contributed by atoms with Crippen LogP contribution in [0.15, 0.2) is 11.4 Å². The van der Waals surface area contributed by atoms with Crippen LogP contribution in [0, 0.1) is 13.8 Å². The van der Waals surface area contributed by atoms with Crippen molar-refractivity contribution in [2.45, 2.75) is 13.8 Å². The fourth-order valence-corrected chi connectivity index (χ4v) is 2.35. The molecule has 4 nitrogen and oxygen atoms in total. The minimum Gasteiger partial charge on any atom is -0.478 e. The lowest BCUT2D eigenvalue weighted by Gasteiger charge is -2.05. The molecule has 0 aliphatic heterocycles. The monoisotopic (exact) mass is 268 g/mol. The SMILES string of the molecule is Cc1nc(-c2cc(C(=O)O)c(Cl)nc2C)cs1. The number of aromatic carboxylic acids is 1. The summed E-state index contributed by atoms with van der Waals surface area (Å²) in [4.78, 5) is 19.3. The summed E-state index contributed by atoms with van der Waals surface area (Å²) in [6, 6.07) is 1.52. The number of carbonyl (C=O) groups is 1. The lowest BCUT2D eigenvalue weighted by molar-refractivity contribution is 0.0696. The first-order chi connectivity index (χ1) is 7.99. The highest BCUT2D eigenvalue weighted by atomic mass is 35.5. The topological polar surface area (TPSA) is 63.1 Å². The number of thiazole rings is 1. The zero-order chi connectivity index (χ0) is 12.6. The number of hydrogen-bond acceptors (Lipinski definition) is 4. The van der Waals surface area contributed by atoms with Gasteiger partial charge in [-0.25, -0.2) is 14.8 Å². The van der Waals surface area contributed by atoms with Gasteiger partial charge in [0, 0.05) is 16.6 Å². The van der Waals surface area contributed by atoms with Gasteiger partial charge in [-0.2, -0.15) is 0 Å². The number of nitrogens with zero attached hydrogens (tertiary/aromatic N) is 2. The van der Waals surface area contributed by atoms with Crippen LogP contribution in [0.4, 0.5) is 0 Å². The predicted molar refractivity (Wildman–Crippen MR) is 66.8 cm³/mol. The van der Waals surface area contributed by atoms with E-state index in [1.54, 1.807) is 6.92 Å². The smallest absolute Gasteiger partial charge is 0.338 e. The molecule has 0 amide bonds. The Morgan fingerprint density at radius 1 is 1.41 bits per heavy atom. The van der Waals surface area contributed by atoms with Gasteiger partial charge in [0.05, 0.1) is 16.3 Å². The van der Waals surface area contributed by atoms with E-state index in [0.717, 1.165) is 10.7 Å². The summed E-state index contributed by atoms with van der Waals surface area (Å²) in [6.45, 7) is 3.67. The van der Waals surface area contributed by atoms with Crippen LogP contribution in [0.2, 0.25) is 5.15 Å². The van der Waals surface area contributed by atoms with Crippen LogP contribution in [-0.4, -0.2) is 21.0 Å². The van der Waals surface area contributed by atoms with Crippen molar-refractivity contribution < 1.29 is 9.90 Å². The van der Waals surface area contributed by atoms with Gasteiger partial charge in [0.15, 0.2) is 0 Å². The average molecular weight is 269 g/mol. The summed E-state index contributed by atoms with van der Waals surface area (Å²) >= 11 is 7.29. The molecule has 2 aromatic rings. The maximum atomic E-state index is 11.0. The normalized spacial score (nSPS) is 10.5. The van der Waals surface area contributed by atoms with Crippen LogP contribution in [0.3, 0.4) is 0 Å². The van der Waals surface area contributed by atoms with E-state index < -0.39 is 5.97 Å². The van der Waals surface area contributed by atoms with Crippen molar-refractivity contribution in [3.8, 4) is 11.3 Å². The van der Waals surface area contributed by atoms with Crippen LogP contribution in [-0.2, 0) is 0 Å². The third-order valence-electron chi connectivity index (χ3n) is 2.29. The Bertz CT molecular complexity index is 595. The number of pyridine rings is 1. The fourth-order valence-electron chi connectivity index (χ4n) is 1.47. The van der Waals surface area contributed by atoms with Crippen molar-refractivity contribution in [1.29, 1.82) is 0 Å². The zero-order valence-electron chi connectivity index (χ0n) is 9.19.